The number of anilines is 2. The maximum atomic E-state index is 11.8. The summed E-state index contributed by atoms with van der Waals surface area (Å²) in [6.07, 6.45) is 0. The van der Waals surface area contributed by atoms with E-state index in [0.717, 1.165) is 12.2 Å². The molecule has 4 N–H and O–H groups in total. The van der Waals surface area contributed by atoms with E-state index in [1.54, 1.807) is 25.2 Å². The van der Waals surface area contributed by atoms with Crippen molar-refractivity contribution in [2.75, 3.05) is 24.6 Å². The van der Waals surface area contributed by atoms with Gasteiger partial charge in [0.15, 0.2) is 0 Å². The second kappa shape index (κ2) is 5.95. The number of rotatable bonds is 4. The van der Waals surface area contributed by atoms with E-state index in [1.165, 1.54) is 0 Å². The van der Waals surface area contributed by atoms with Crippen molar-refractivity contribution >= 4 is 17.3 Å². The minimum atomic E-state index is -0.106. The number of nitrogen functional groups attached to an aromatic ring is 1. The minimum absolute atomic E-state index is 0.106. The molecule has 1 aromatic rings. The van der Waals surface area contributed by atoms with Gasteiger partial charge in [-0.05, 0) is 29.5 Å². The Labute approximate surface area is 115 Å². The van der Waals surface area contributed by atoms with Crippen molar-refractivity contribution in [2.45, 2.75) is 27.7 Å². The number of hydrogen-bond donors (Lipinski definition) is 3. The number of nitrogens with one attached hydrogen (secondary N) is 2. The molecule has 0 spiro atoms. The number of carbonyl (C=O) groups excluding carboxylic acids is 1. The quantitative estimate of drug-likeness (QED) is 0.732. The monoisotopic (exact) mass is 263 g/mol. The van der Waals surface area contributed by atoms with Crippen molar-refractivity contribution in [2.24, 2.45) is 11.3 Å². The Hall–Kier alpha value is -1.71. The Bertz CT molecular complexity index is 449. The molecule has 1 amide bonds. The lowest BCUT2D eigenvalue weighted by molar-refractivity contribution is 0.0964. The molecular weight excluding hydrogens is 238 g/mol. The third-order valence-electron chi connectivity index (χ3n) is 3.59. The molecule has 4 heteroatoms. The van der Waals surface area contributed by atoms with Crippen LogP contribution in [0.5, 0.6) is 0 Å². The largest absolute Gasteiger partial charge is 0.399 e. The molecule has 19 heavy (non-hydrogen) atoms. The van der Waals surface area contributed by atoms with Crippen LogP contribution in [-0.2, 0) is 0 Å². The molecule has 0 saturated carbocycles. The third-order valence-corrected chi connectivity index (χ3v) is 3.59. The van der Waals surface area contributed by atoms with Crippen molar-refractivity contribution in [1.29, 1.82) is 0 Å². The summed E-state index contributed by atoms with van der Waals surface area (Å²) in [5, 5.41) is 5.97. The highest BCUT2D eigenvalue weighted by molar-refractivity contribution is 6.00. The second-order valence-corrected chi connectivity index (χ2v) is 6.03. The van der Waals surface area contributed by atoms with Gasteiger partial charge in [-0.25, -0.2) is 0 Å². The Morgan fingerprint density at radius 2 is 2.00 bits per heavy atom. The highest BCUT2D eigenvalue weighted by atomic mass is 16.1. The number of amides is 1. The van der Waals surface area contributed by atoms with Crippen LogP contribution in [0.25, 0.3) is 0 Å². The van der Waals surface area contributed by atoms with E-state index in [9.17, 15) is 4.79 Å². The fourth-order valence-corrected chi connectivity index (χ4v) is 1.61. The summed E-state index contributed by atoms with van der Waals surface area (Å²) in [5.74, 6) is 0.373. The van der Waals surface area contributed by atoms with Gasteiger partial charge in [-0.3, -0.25) is 4.79 Å². The Morgan fingerprint density at radius 3 is 2.53 bits per heavy atom. The van der Waals surface area contributed by atoms with E-state index in [1.807, 2.05) is 0 Å². The molecule has 0 heterocycles. The Morgan fingerprint density at radius 1 is 1.37 bits per heavy atom. The second-order valence-electron chi connectivity index (χ2n) is 6.03. The van der Waals surface area contributed by atoms with E-state index >= 15 is 0 Å². The molecular formula is C15H25N3O. The van der Waals surface area contributed by atoms with E-state index < -0.39 is 0 Å². The number of hydrogen-bond acceptors (Lipinski definition) is 3. The summed E-state index contributed by atoms with van der Waals surface area (Å²) in [6.45, 7) is 9.62. The molecule has 1 atom stereocenters. The lowest BCUT2D eigenvalue weighted by atomic mass is 9.82. The van der Waals surface area contributed by atoms with E-state index in [0.29, 0.717) is 17.2 Å². The molecule has 0 bridgehead atoms. The molecule has 1 aromatic carbocycles. The van der Waals surface area contributed by atoms with E-state index in [-0.39, 0.29) is 11.3 Å². The first-order valence-corrected chi connectivity index (χ1v) is 6.61. The average Bonchev–Trinajstić information content (AvgIpc) is 2.33. The van der Waals surface area contributed by atoms with Crippen molar-refractivity contribution < 1.29 is 4.79 Å². The van der Waals surface area contributed by atoms with Gasteiger partial charge >= 0.3 is 0 Å². The molecule has 0 aromatic heterocycles. The molecule has 1 unspecified atom stereocenters. The van der Waals surface area contributed by atoms with Crippen LogP contribution in [0.4, 0.5) is 11.4 Å². The zero-order valence-corrected chi connectivity index (χ0v) is 12.5. The predicted octanol–water partition coefficient (Wildman–Crippen LogP) is 2.72. The Kier molecular flexibility index (Phi) is 4.81. The molecule has 1 rings (SSSR count). The van der Waals surface area contributed by atoms with Crippen molar-refractivity contribution in [3.63, 3.8) is 0 Å². The molecule has 0 aliphatic heterocycles. The molecule has 0 aliphatic rings. The minimum Gasteiger partial charge on any atom is -0.399 e. The van der Waals surface area contributed by atoms with Gasteiger partial charge in [0.2, 0.25) is 0 Å². The smallest absolute Gasteiger partial charge is 0.253 e. The summed E-state index contributed by atoms with van der Waals surface area (Å²) >= 11 is 0. The summed E-state index contributed by atoms with van der Waals surface area (Å²) in [5.41, 5.74) is 8.07. The standard InChI is InChI=1S/C15H25N3O/c1-10(15(2,3)4)9-18-13-8-11(16)6-7-12(13)14(19)17-5/h6-8,10,18H,9,16H2,1-5H3,(H,17,19). The first kappa shape index (κ1) is 15.3. The lowest BCUT2D eigenvalue weighted by Gasteiger charge is -2.28. The normalized spacial score (nSPS) is 12.9. The maximum absolute atomic E-state index is 11.8. The van der Waals surface area contributed by atoms with E-state index in [2.05, 4.69) is 38.3 Å². The SMILES string of the molecule is CNC(=O)c1ccc(N)cc1NCC(C)C(C)(C)C. The Balaban J connectivity index is 2.88. The van der Waals surface area contributed by atoms with E-state index in [4.69, 9.17) is 5.73 Å². The van der Waals surface area contributed by atoms with Crippen molar-refractivity contribution in [3.05, 3.63) is 23.8 Å². The van der Waals surface area contributed by atoms with Crippen LogP contribution < -0.4 is 16.4 Å². The number of benzene rings is 1. The van der Waals surface area contributed by atoms with Gasteiger partial charge < -0.3 is 16.4 Å². The van der Waals surface area contributed by atoms with Gasteiger partial charge in [0.1, 0.15) is 0 Å². The summed E-state index contributed by atoms with van der Waals surface area (Å²) in [4.78, 5) is 11.8. The fourth-order valence-electron chi connectivity index (χ4n) is 1.61. The van der Waals surface area contributed by atoms with Crippen LogP contribution in [0, 0.1) is 11.3 Å². The first-order valence-electron chi connectivity index (χ1n) is 6.61. The van der Waals surface area contributed by atoms with Crippen LogP contribution in [0.2, 0.25) is 0 Å². The molecule has 0 fully saturated rings. The predicted molar refractivity (Wildman–Crippen MR) is 81.4 cm³/mol. The fraction of sp³-hybridized carbons (Fsp3) is 0.533. The van der Waals surface area contributed by atoms with Gasteiger partial charge in [0.05, 0.1) is 5.56 Å². The summed E-state index contributed by atoms with van der Waals surface area (Å²) in [6, 6.07) is 5.29. The third kappa shape index (κ3) is 4.16. The van der Waals surface area contributed by atoms with Crippen LogP contribution in [0.1, 0.15) is 38.1 Å². The van der Waals surface area contributed by atoms with Crippen LogP contribution >= 0.6 is 0 Å². The lowest BCUT2D eigenvalue weighted by Crippen LogP contribution is -2.26. The van der Waals surface area contributed by atoms with Crippen molar-refractivity contribution in [3.8, 4) is 0 Å². The highest BCUT2D eigenvalue weighted by Crippen LogP contribution is 2.26. The zero-order chi connectivity index (χ0) is 14.6. The molecule has 0 aliphatic carbocycles. The van der Waals surface area contributed by atoms with Crippen LogP contribution in [0.15, 0.2) is 18.2 Å². The van der Waals surface area contributed by atoms with Gasteiger partial charge in [-0.2, -0.15) is 0 Å². The van der Waals surface area contributed by atoms with Gasteiger partial charge in [-0.15, -0.1) is 0 Å². The topological polar surface area (TPSA) is 67.2 Å². The summed E-state index contributed by atoms with van der Waals surface area (Å²) in [7, 11) is 1.63. The average molecular weight is 263 g/mol. The molecule has 0 saturated heterocycles. The molecule has 0 radical (unpaired) electrons. The number of carbonyl (C=O) groups is 1. The van der Waals surface area contributed by atoms with Crippen LogP contribution in [0.3, 0.4) is 0 Å². The first-order chi connectivity index (χ1) is 8.75. The maximum Gasteiger partial charge on any atom is 0.253 e. The summed E-state index contributed by atoms with van der Waals surface area (Å²) < 4.78 is 0. The van der Waals surface area contributed by atoms with Gasteiger partial charge in [0, 0.05) is 25.0 Å². The van der Waals surface area contributed by atoms with Gasteiger partial charge in [-0.1, -0.05) is 27.7 Å². The van der Waals surface area contributed by atoms with Crippen LogP contribution in [-0.4, -0.2) is 19.5 Å². The highest BCUT2D eigenvalue weighted by Gasteiger charge is 2.20. The zero-order valence-electron chi connectivity index (χ0n) is 12.5. The van der Waals surface area contributed by atoms with Crippen molar-refractivity contribution in [1.82, 2.24) is 5.32 Å². The molecule has 106 valence electrons. The number of nitrogens with two attached hydrogens (primary N) is 1. The van der Waals surface area contributed by atoms with Gasteiger partial charge in [0.25, 0.3) is 5.91 Å². The molecule has 4 nitrogen and oxygen atoms in total.